The molecule has 0 unspecified atom stereocenters. The molecule has 18 heavy (non-hydrogen) atoms. The third-order valence-electron chi connectivity index (χ3n) is 2.35. The molecule has 1 amide bonds. The fourth-order valence-electron chi connectivity index (χ4n) is 1.47. The molecule has 0 radical (unpaired) electrons. The van der Waals surface area contributed by atoms with Crippen LogP contribution in [0.4, 0.5) is 0 Å². The molecule has 1 rings (SSSR count). The molecular weight excluding hydrogens is 250 g/mol. The number of carbonyl (C=O) groups is 1. The van der Waals surface area contributed by atoms with E-state index < -0.39 is 15.9 Å². The van der Waals surface area contributed by atoms with Gasteiger partial charge in [0, 0.05) is 12.1 Å². The highest BCUT2D eigenvalue weighted by molar-refractivity contribution is 7.89. The minimum absolute atomic E-state index is 0.119. The van der Waals surface area contributed by atoms with Crippen molar-refractivity contribution in [1.82, 2.24) is 4.31 Å². The molecule has 1 aromatic rings. The third kappa shape index (κ3) is 2.98. The number of benzene rings is 1. The van der Waals surface area contributed by atoms with E-state index in [2.05, 4.69) is 6.58 Å². The van der Waals surface area contributed by atoms with Crippen LogP contribution in [0.5, 0.6) is 0 Å². The normalized spacial score (nSPS) is 11.0. The van der Waals surface area contributed by atoms with Crippen LogP contribution in [0.1, 0.15) is 20.3 Å². The first-order chi connectivity index (χ1) is 8.41. The molecule has 4 nitrogen and oxygen atoms in total. The summed E-state index contributed by atoms with van der Waals surface area (Å²) in [6, 6.07) is 7.93. The summed E-state index contributed by atoms with van der Waals surface area (Å²) in [5.74, 6) is -0.555. The van der Waals surface area contributed by atoms with Crippen LogP contribution in [-0.4, -0.2) is 25.2 Å². The summed E-state index contributed by atoms with van der Waals surface area (Å²) in [5, 5.41) is 0. The number of amides is 1. The van der Waals surface area contributed by atoms with Crippen LogP contribution in [0.15, 0.2) is 47.4 Å². The maximum Gasteiger partial charge on any atom is 0.266 e. The first kappa shape index (κ1) is 14.4. The minimum Gasteiger partial charge on any atom is -0.268 e. The molecule has 0 saturated heterocycles. The van der Waals surface area contributed by atoms with Crippen LogP contribution in [0.25, 0.3) is 0 Å². The summed E-state index contributed by atoms with van der Waals surface area (Å²) in [6.45, 7) is 6.99. The van der Waals surface area contributed by atoms with Crippen LogP contribution >= 0.6 is 0 Å². The van der Waals surface area contributed by atoms with E-state index in [-0.39, 0.29) is 17.0 Å². The van der Waals surface area contributed by atoms with Crippen LogP contribution in [0.2, 0.25) is 0 Å². The average molecular weight is 267 g/mol. The van der Waals surface area contributed by atoms with Crippen molar-refractivity contribution in [3.8, 4) is 0 Å². The highest BCUT2D eigenvalue weighted by atomic mass is 32.2. The van der Waals surface area contributed by atoms with Gasteiger partial charge in [0.1, 0.15) is 0 Å². The number of hydrogen-bond donors (Lipinski definition) is 0. The standard InChI is InChI=1S/C13H17NO3S/c1-4-10-14(13(15)11(2)3)18(16,17)12-8-6-5-7-9-12/h5-9H,2,4,10H2,1,3H3. The van der Waals surface area contributed by atoms with E-state index in [0.717, 1.165) is 4.31 Å². The summed E-state index contributed by atoms with van der Waals surface area (Å²) >= 11 is 0. The molecule has 0 aliphatic heterocycles. The van der Waals surface area contributed by atoms with E-state index in [0.29, 0.717) is 6.42 Å². The molecule has 0 spiro atoms. The van der Waals surface area contributed by atoms with Gasteiger partial charge in [-0.15, -0.1) is 0 Å². The highest BCUT2D eigenvalue weighted by Gasteiger charge is 2.28. The number of nitrogens with zero attached hydrogens (tertiary/aromatic N) is 1. The van der Waals surface area contributed by atoms with Gasteiger partial charge >= 0.3 is 0 Å². The monoisotopic (exact) mass is 267 g/mol. The average Bonchev–Trinajstić information content (AvgIpc) is 2.36. The fourth-order valence-corrected chi connectivity index (χ4v) is 3.02. The Morgan fingerprint density at radius 1 is 1.28 bits per heavy atom. The molecule has 0 N–H and O–H groups in total. The van der Waals surface area contributed by atoms with E-state index in [1.54, 1.807) is 18.2 Å². The first-order valence-corrected chi connectivity index (χ1v) is 7.13. The third-order valence-corrected chi connectivity index (χ3v) is 4.15. The SMILES string of the molecule is C=C(C)C(=O)N(CCC)S(=O)(=O)c1ccccc1. The molecule has 0 aliphatic rings. The van der Waals surface area contributed by atoms with Crippen molar-refractivity contribution in [2.45, 2.75) is 25.2 Å². The van der Waals surface area contributed by atoms with Gasteiger partial charge in [0.25, 0.3) is 15.9 Å². The molecule has 0 aliphatic carbocycles. The molecule has 0 atom stereocenters. The second kappa shape index (κ2) is 5.82. The highest BCUT2D eigenvalue weighted by Crippen LogP contribution is 2.17. The van der Waals surface area contributed by atoms with Gasteiger partial charge in [-0.1, -0.05) is 31.7 Å². The minimum atomic E-state index is -3.78. The zero-order valence-corrected chi connectivity index (χ0v) is 11.4. The quantitative estimate of drug-likeness (QED) is 0.768. The van der Waals surface area contributed by atoms with Crippen LogP contribution < -0.4 is 0 Å². The van der Waals surface area contributed by atoms with Crippen LogP contribution in [0.3, 0.4) is 0 Å². The van der Waals surface area contributed by atoms with Crippen molar-refractivity contribution in [2.24, 2.45) is 0 Å². The molecular formula is C13H17NO3S. The predicted molar refractivity (Wildman–Crippen MR) is 70.4 cm³/mol. The van der Waals surface area contributed by atoms with Gasteiger partial charge in [-0.2, -0.15) is 0 Å². The van der Waals surface area contributed by atoms with Gasteiger partial charge in [0.05, 0.1) is 4.90 Å². The Labute approximate surface area is 108 Å². The Morgan fingerprint density at radius 2 is 1.83 bits per heavy atom. The van der Waals surface area contributed by atoms with Gasteiger partial charge in [-0.05, 0) is 25.5 Å². The lowest BCUT2D eigenvalue weighted by Gasteiger charge is -2.21. The second-order valence-electron chi connectivity index (χ2n) is 3.98. The van der Waals surface area contributed by atoms with Crippen molar-refractivity contribution in [1.29, 1.82) is 0 Å². The largest absolute Gasteiger partial charge is 0.268 e. The summed E-state index contributed by atoms with van der Waals surface area (Å²) in [7, 11) is -3.78. The van der Waals surface area contributed by atoms with Crippen LogP contribution in [0, 0.1) is 0 Å². The lowest BCUT2D eigenvalue weighted by molar-refractivity contribution is -0.122. The van der Waals surface area contributed by atoms with E-state index >= 15 is 0 Å². The molecule has 0 heterocycles. The summed E-state index contributed by atoms with van der Waals surface area (Å²) in [4.78, 5) is 12.0. The second-order valence-corrected chi connectivity index (χ2v) is 5.84. The van der Waals surface area contributed by atoms with Crippen molar-refractivity contribution in [3.05, 3.63) is 42.5 Å². The Hall–Kier alpha value is -1.62. The van der Waals surface area contributed by atoms with Gasteiger partial charge in [0.15, 0.2) is 0 Å². The van der Waals surface area contributed by atoms with E-state index in [4.69, 9.17) is 0 Å². The predicted octanol–water partition coefficient (Wildman–Crippen LogP) is 2.19. The molecule has 0 fully saturated rings. The molecule has 0 saturated carbocycles. The fraction of sp³-hybridized carbons (Fsp3) is 0.308. The van der Waals surface area contributed by atoms with Gasteiger partial charge < -0.3 is 0 Å². The van der Waals surface area contributed by atoms with Crippen molar-refractivity contribution >= 4 is 15.9 Å². The Morgan fingerprint density at radius 3 is 2.28 bits per heavy atom. The Kier molecular flexibility index (Phi) is 4.67. The van der Waals surface area contributed by atoms with Crippen LogP contribution in [-0.2, 0) is 14.8 Å². The maximum absolute atomic E-state index is 12.3. The molecule has 1 aromatic carbocycles. The van der Waals surface area contributed by atoms with Gasteiger partial charge in [-0.25, -0.2) is 12.7 Å². The summed E-state index contributed by atoms with van der Waals surface area (Å²) < 4.78 is 25.5. The smallest absolute Gasteiger partial charge is 0.266 e. The molecule has 0 aromatic heterocycles. The number of rotatable bonds is 5. The van der Waals surface area contributed by atoms with Gasteiger partial charge in [-0.3, -0.25) is 4.79 Å². The summed E-state index contributed by atoms with van der Waals surface area (Å²) in [6.07, 6.45) is 0.561. The zero-order chi connectivity index (χ0) is 13.8. The summed E-state index contributed by atoms with van der Waals surface area (Å²) in [5.41, 5.74) is 0.211. The zero-order valence-electron chi connectivity index (χ0n) is 10.6. The van der Waals surface area contributed by atoms with Crippen molar-refractivity contribution < 1.29 is 13.2 Å². The lowest BCUT2D eigenvalue weighted by atomic mass is 10.3. The molecule has 5 heteroatoms. The first-order valence-electron chi connectivity index (χ1n) is 5.69. The van der Waals surface area contributed by atoms with Crippen molar-refractivity contribution in [3.63, 3.8) is 0 Å². The van der Waals surface area contributed by atoms with E-state index in [1.165, 1.54) is 19.1 Å². The number of sulfonamides is 1. The van der Waals surface area contributed by atoms with Gasteiger partial charge in [0.2, 0.25) is 0 Å². The Balaban J connectivity index is 3.21. The molecule has 0 bridgehead atoms. The number of hydrogen-bond acceptors (Lipinski definition) is 3. The van der Waals surface area contributed by atoms with E-state index in [9.17, 15) is 13.2 Å². The molecule has 98 valence electrons. The van der Waals surface area contributed by atoms with E-state index in [1.807, 2.05) is 6.92 Å². The maximum atomic E-state index is 12.3. The lowest BCUT2D eigenvalue weighted by Crippen LogP contribution is -2.37. The number of carbonyl (C=O) groups excluding carboxylic acids is 1. The topological polar surface area (TPSA) is 54.5 Å². The Bertz CT molecular complexity index is 535. The van der Waals surface area contributed by atoms with Crippen molar-refractivity contribution in [2.75, 3.05) is 6.54 Å².